The lowest BCUT2D eigenvalue weighted by Gasteiger charge is -2.35. The summed E-state index contributed by atoms with van der Waals surface area (Å²) in [5.41, 5.74) is 8.13. The molecule has 0 amide bonds. The zero-order chi connectivity index (χ0) is 16.4. The van der Waals surface area contributed by atoms with Crippen molar-refractivity contribution in [2.45, 2.75) is 73.3 Å². The van der Waals surface area contributed by atoms with Crippen molar-refractivity contribution in [3.8, 4) is 0 Å². The average Bonchev–Trinajstić information content (AvgIpc) is 2.49. The van der Waals surface area contributed by atoms with Crippen LogP contribution in [-0.4, -0.2) is 19.6 Å². The second-order valence-electron chi connectivity index (χ2n) is 7.79. The van der Waals surface area contributed by atoms with E-state index < -0.39 is 0 Å². The van der Waals surface area contributed by atoms with E-state index in [4.69, 9.17) is 0 Å². The van der Waals surface area contributed by atoms with E-state index in [1.807, 2.05) is 0 Å². The molecule has 0 spiro atoms. The SMILES string of the molecule is CCC1=CC([NH+](C)CC2=C(C)CCCC2C)C(C)C(C)=C1C. The van der Waals surface area contributed by atoms with Crippen molar-refractivity contribution in [2.75, 3.05) is 13.6 Å². The van der Waals surface area contributed by atoms with Crippen LogP contribution in [0.4, 0.5) is 0 Å². The lowest BCUT2D eigenvalue weighted by atomic mass is 9.79. The van der Waals surface area contributed by atoms with Gasteiger partial charge in [0.05, 0.1) is 13.6 Å². The summed E-state index contributed by atoms with van der Waals surface area (Å²) in [5.74, 6) is 1.45. The number of rotatable bonds is 4. The molecule has 0 aliphatic heterocycles. The quantitative estimate of drug-likeness (QED) is 0.737. The number of hydrogen-bond acceptors (Lipinski definition) is 0. The normalized spacial score (nSPS) is 31.4. The van der Waals surface area contributed by atoms with Crippen LogP contribution in [0.1, 0.15) is 67.2 Å². The van der Waals surface area contributed by atoms with Gasteiger partial charge in [0, 0.05) is 5.92 Å². The molecule has 0 saturated carbocycles. The van der Waals surface area contributed by atoms with Crippen molar-refractivity contribution in [1.29, 1.82) is 0 Å². The minimum atomic E-state index is 0.632. The van der Waals surface area contributed by atoms with E-state index in [-0.39, 0.29) is 0 Å². The summed E-state index contributed by atoms with van der Waals surface area (Å²) < 4.78 is 0. The van der Waals surface area contributed by atoms with E-state index in [0.29, 0.717) is 12.0 Å². The molecule has 0 fully saturated rings. The second kappa shape index (κ2) is 7.17. The highest BCUT2D eigenvalue weighted by molar-refractivity contribution is 5.39. The smallest absolute Gasteiger partial charge is 0.113 e. The van der Waals surface area contributed by atoms with Crippen molar-refractivity contribution < 1.29 is 4.90 Å². The predicted molar refractivity (Wildman–Crippen MR) is 97.2 cm³/mol. The summed E-state index contributed by atoms with van der Waals surface area (Å²) in [4.78, 5) is 1.67. The predicted octanol–water partition coefficient (Wildman–Crippen LogP) is 4.33. The Morgan fingerprint density at radius 1 is 1.18 bits per heavy atom. The molecule has 1 nitrogen and oxygen atoms in total. The lowest BCUT2D eigenvalue weighted by Crippen LogP contribution is -3.14. The van der Waals surface area contributed by atoms with Gasteiger partial charge in [-0.1, -0.05) is 31.9 Å². The molecule has 0 bridgehead atoms. The minimum absolute atomic E-state index is 0.632. The number of likely N-dealkylation sites (N-methyl/N-ethyl adjacent to an activating group) is 1. The van der Waals surface area contributed by atoms with Crippen LogP contribution in [0.15, 0.2) is 33.9 Å². The number of allylic oxidation sites excluding steroid dienone is 3. The van der Waals surface area contributed by atoms with Gasteiger partial charge in [0.25, 0.3) is 0 Å². The Bertz CT molecular complexity index is 506. The second-order valence-corrected chi connectivity index (χ2v) is 7.79. The number of nitrogens with one attached hydrogen (secondary N) is 1. The molecule has 1 heteroatoms. The molecule has 0 saturated heterocycles. The molecule has 4 atom stereocenters. The summed E-state index contributed by atoms with van der Waals surface area (Å²) in [5, 5.41) is 0. The summed E-state index contributed by atoms with van der Waals surface area (Å²) in [6.07, 6.45) is 7.83. The summed E-state index contributed by atoms with van der Waals surface area (Å²) in [6, 6.07) is 0.632. The molecular weight excluding hydrogens is 266 g/mol. The van der Waals surface area contributed by atoms with Crippen molar-refractivity contribution >= 4 is 0 Å². The lowest BCUT2D eigenvalue weighted by molar-refractivity contribution is -0.897. The molecule has 0 aromatic carbocycles. The first-order valence-corrected chi connectivity index (χ1v) is 9.26. The molecule has 1 N–H and O–H groups in total. The Balaban J connectivity index is 2.19. The van der Waals surface area contributed by atoms with Gasteiger partial charge < -0.3 is 4.90 Å². The van der Waals surface area contributed by atoms with Crippen LogP contribution in [0.5, 0.6) is 0 Å². The molecule has 0 radical (unpaired) electrons. The van der Waals surface area contributed by atoms with Gasteiger partial charge in [-0.15, -0.1) is 0 Å². The largest absolute Gasteiger partial charge is 0.328 e. The molecule has 124 valence electrons. The highest BCUT2D eigenvalue weighted by atomic mass is 15.1. The molecular formula is C21H36N+. The van der Waals surface area contributed by atoms with E-state index in [9.17, 15) is 0 Å². The van der Waals surface area contributed by atoms with Crippen LogP contribution in [-0.2, 0) is 0 Å². The maximum atomic E-state index is 2.58. The summed E-state index contributed by atoms with van der Waals surface area (Å²) in [6.45, 7) is 15.4. The average molecular weight is 303 g/mol. The Morgan fingerprint density at radius 3 is 2.45 bits per heavy atom. The van der Waals surface area contributed by atoms with Crippen LogP contribution in [0.2, 0.25) is 0 Å². The van der Waals surface area contributed by atoms with Gasteiger partial charge in [-0.3, -0.25) is 0 Å². The van der Waals surface area contributed by atoms with Gasteiger partial charge >= 0.3 is 0 Å². The first-order chi connectivity index (χ1) is 10.4. The fourth-order valence-corrected chi connectivity index (χ4v) is 4.47. The third-order valence-corrected chi connectivity index (χ3v) is 6.43. The molecule has 2 aliphatic rings. The minimum Gasteiger partial charge on any atom is -0.328 e. The molecule has 0 heterocycles. The van der Waals surface area contributed by atoms with E-state index in [1.54, 1.807) is 32.8 Å². The van der Waals surface area contributed by atoms with Crippen LogP contribution >= 0.6 is 0 Å². The van der Waals surface area contributed by atoms with Crippen molar-refractivity contribution in [3.63, 3.8) is 0 Å². The molecule has 22 heavy (non-hydrogen) atoms. The first kappa shape index (κ1) is 17.5. The topological polar surface area (TPSA) is 4.44 Å². The Morgan fingerprint density at radius 2 is 1.86 bits per heavy atom. The number of hydrogen-bond donors (Lipinski definition) is 1. The van der Waals surface area contributed by atoms with Crippen molar-refractivity contribution in [1.82, 2.24) is 0 Å². The number of quaternary nitrogens is 1. The fourth-order valence-electron chi connectivity index (χ4n) is 4.47. The van der Waals surface area contributed by atoms with E-state index in [1.165, 1.54) is 25.8 Å². The maximum absolute atomic E-state index is 2.58. The van der Waals surface area contributed by atoms with Gasteiger partial charge in [-0.05, 0) is 75.2 Å². The van der Waals surface area contributed by atoms with Crippen molar-refractivity contribution in [3.05, 3.63) is 33.9 Å². The standard InChI is InChI=1S/C21H35N/c1-8-19-12-21(18(6)16(4)17(19)5)22(7)13-20-14(2)10-9-11-15(20)3/h12,14,18,21H,8-11,13H2,1-7H3/p+1. The van der Waals surface area contributed by atoms with Gasteiger partial charge in [0.2, 0.25) is 0 Å². The molecule has 0 aromatic heterocycles. The van der Waals surface area contributed by atoms with E-state index in [2.05, 4.69) is 54.7 Å². The third-order valence-electron chi connectivity index (χ3n) is 6.43. The highest BCUT2D eigenvalue weighted by Crippen LogP contribution is 2.31. The third kappa shape index (κ3) is 3.40. The Hall–Kier alpha value is -0.820. The molecule has 2 rings (SSSR count). The van der Waals surface area contributed by atoms with E-state index in [0.717, 1.165) is 12.3 Å². The highest BCUT2D eigenvalue weighted by Gasteiger charge is 2.31. The monoisotopic (exact) mass is 302 g/mol. The van der Waals surface area contributed by atoms with Gasteiger partial charge in [-0.25, -0.2) is 0 Å². The van der Waals surface area contributed by atoms with Crippen LogP contribution in [0, 0.1) is 11.8 Å². The molecule has 0 aromatic rings. The van der Waals surface area contributed by atoms with Crippen LogP contribution in [0.3, 0.4) is 0 Å². The van der Waals surface area contributed by atoms with Gasteiger partial charge in [0.1, 0.15) is 6.04 Å². The summed E-state index contributed by atoms with van der Waals surface area (Å²) >= 11 is 0. The van der Waals surface area contributed by atoms with Crippen LogP contribution < -0.4 is 4.90 Å². The first-order valence-electron chi connectivity index (χ1n) is 9.26. The van der Waals surface area contributed by atoms with Gasteiger partial charge in [0.15, 0.2) is 0 Å². The van der Waals surface area contributed by atoms with E-state index >= 15 is 0 Å². The summed E-state index contributed by atoms with van der Waals surface area (Å²) in [7, 11) is 2.40. The Labute approximate surface area is 138 Å². The van der Waals surface area contributed by atoms with Crippen molar-refractivity contribution in [2.24, 2.45) is 11.8 Å². The zero-order valence-corrected chi connectivity index (χ0v) is 15.8. The Kier molecular flexibility index (Phi) is 5.71. The van der Waals surface area contributed by atoms with Crippen LogP contribution in [0.25, 0.3) is 0 Å². The fraction of sp³-hybridized carbons (Fsp3) is 0.714. The maximum Gasteiger partial charge on any atom is 0.113 e. The zero-order valence-electron chi connectivity index (χ0n) is 15.8. The van der Waals surface area contributed by atoms with Gasteiger partial charge in [-0.2, -0.15) is 0 Å². The molecule has 4 unspecified atom stereocenters. The molecule has 2 aliphatic carbocycles.